The molecule has 1 rings (SSSR count). The predicted octanol–water partition coefficient (Wildman–Crippen LogP) is 2.91. The van der Waals surface area contributed by atoms with Gasteiger partial charge < -0.3 is 5.73 Å². The van der Waals surface area contributed by atoms with Crippen molar-refractivity contribution in [2.24, 2.45) is 5.73 Å². The highest BCUT2D eigenvalue weighted by Crippen LogP contribution is 2.21. The van der Waals surface area contributed by atoms with Crippen LogP contribution in [-0.4, -0.2) is 25.8 Å². The number of nitrogens with two attached hydrogens (primary N) is 1. The van der Waals surface area contributed by atoms with E-state index in [1.165, 1.54) is 0 Å². The smallest absolute Gasteiger partial charge is 0.243 e. The first-order valence-electron chi connectivity index (χ1n) is 7.33. The molecule has 1 atom stereocenters. The van der Waals surface area contributed by atoms with Crippen molar-refractivity contribution in [3.8, 4) is 0 Å². The van der Waals surface area contributed by atoms with Crippen molar-refractivity contribution in [1.29, 1.82) is 0 Å². The van der Waals surface area contributed by atoms with E-state index in [2.05, 4.69) is 0 Å². The Kier molecular flexibility index (Phi) is 6.65. The Hall–Kier alpha value is -0.910. The van der Waals surface area contributed by atoms with E-state index in [9.17, 15) is 8.42 Å². The van der Waals surface area contributed by atoms with Crippen LogP contribution in [0.4, 0.5) is 0 Å². The molecule has 0 saturated carbocycles. The van der Waals surface area contributed by atoms with Crippen LogP contribution in [0.25, 0.3) is 0 Å². The summed E-state index contributed by atoms with van der Waals surface area (Å²) in [7, 11) is -3.41. The number of nitrogens with zero attached hydrogens (tertiary/aromatic N) is 1. The number of hydrogen-bond acceptors (Lipinski definition) is 3. The molecule has 0 saturated heterocycles. The predicted molar refractivity (Wildman–Crippen MR) is 83.0 cm³/mol. The van der Waals surface area contributed by atoms with Crippen molar-refractivity contribution >= 4 is 10.0 Å². The van der Waals surface area contributed by atoms with Crippen molar-refractivity contribution in [1.82, 2.24) is 4.31 Å². The van der Waals surface area contributed by atoms with Gasteiger partial charge in [-0.1, -0.05) is 32.9 Å². The van der Waals surface area contributed by atoms with Gasteiger partial charge >= 0.3 is 0 Å². The second kappa shape index (κ2) is 7.76. The minimum Gasteiger partial charge on any atom is -0.324 e. The minimum atomic E-state index is -3.41. The summed E-state index contributed by atoms with van der Waals surface area (Å²) in [5.74, 6) is 0. The second-order valence-electron chi connectivity index (χ2n) is 4.99. The lowest BCUT2D eigenvalue weighted by molar-refractivity contribution is 0.410. The maximum absolute atomic E-state index is 12.7. The zero-order valence-electron chi connectivity index (χ0n) is 12.7. The fourth-order valence-corrected chi connectivity index (χ4v) is 3.82. The molecule has 0 aromatic heterocycles. The molecule has 0 aliphatic rings. The molecular formula is C15H26N2O2S. The van der Waals surface area contributed by atoms with Crippen LogP contribution in [0.2, 0.25) is 0 Å². The summed E-state index contributed by atoms with van der Waals surface area (Å²) in [6, 6.07) is 6.91. The third-order valence-electron chi connectivity index (χ3n) is 3.31. The molecule has 0 aliphatic heterocycles. The van der Waals surface area contributed by atoms with E-state index in [0.717, 1.165) is 24.8 Å². The van der Waals surface area contributed by atoms with Crippen LogP contribution in [-0.2, 0) is 10.0 Å². The van der Waals surface area contributed by atoms with Gasteiger partial charge in [-0.15, -0.1) is 0 Å². The number of rotatable bonds is 8. The van der Waals surface area contributed by atoms with Gasteiger partial charge in [0.25, 0.3) is 0 Å². The van der Waals surface area contributed by atoms with Crippen molar-refractivity contribution in [2.75, 3.05) is 13.1 Å². The van der Waals surface area contributed by atoms with E-state index < -0.39 is 10.0 Å². The summed E-state index contributed by atoms with van der Waals surface area (Å²) >= 11 is 0. The van der Waals surface area contributed by atoms with Crippen molar-refractivity contribution in [3.05, 3.63) is 29.8 Å². The quantitative estimate of drug-likeness (QED) is 0.802. The van der Waals surface area contributed by atoms with Gasteiger partial charge in [-0.3, -0.25) is 0 Å². The first-order chi connectivity index (χ1) is 9.47. The highest BCUT2D eigenvalue weighted by molar-refractivity contribution is 7.89. The van der Waals surface area contributed by atoms with Gasteiger partial charge in [-0.25, -0.2) is 8.42 Å². The molecule has 4 nitrogen and oxygen atoms in total. The van der Waals surface area contributed by atoms with Crippen molar-refractivity contribution < 1.29 is 8.42 Å². The Morgan fingerprint density at radius 1 is 1.15 bits per heavy atom. The fraction of sp³-hybridized carbons (Fsp3) is 0.600. The zero-order chi connectivity index (χ0) is 15.2. The fourth-order valence-electron chi connectivity index (χ4n) is 2.14. The van der Waals surface area contributed by atoms with Crippen LogP contribution in [0.5, 0.6) is 0 Å². The van der Waals surface area contributed by atoms with Crippen molar-refractivity contribution in [2.45, 2.75) is 51.0 Å². The SMILES string of the molecule is CCCN(CCC)S(=O)(=O)c1cccc(C(N)CC)c1. The highest BCUT2D eigenvalue weighted by Gasteiger charge is 2.23. The van der Waals surface area contributed by atoms with Gasteiger partial charge in [-0.05, 0) is 37.0 Å². The van der Waals surface area contributed by atoms with Gasteiger partial charge in [0.05, 0.1) is 4.90 Å². The zero-order valence-corrected chi connectivity index (χ0v) is 13.5. The third kappa shape index (κ3) is 4.04. The molecular weight excluding hydrogens is 272 g/mol. The van der Waals surface area contributed by atoms with E-state index in [1.54, 1.807) is 22.5 Å². The summed E-state index contributed by atoms with van der Waals surface area (Å²) in [5, 5.41) is 0. The Balaban J connectivity index is 3.13. The van der Waals surface area contributed by atoms with Crippen LogP contribution in [0, 0.1) is 0 Å². The summed E-state index contributed by atoms with van der Waals surface area (Å²) in [6.45, 7) is 7.08. The molecule has 114 valence electrons. The first kappa shape index (κ1) is 17.1. The second-order valence-corrected chi connectivity index (χ2v) is 6.93. The van der Waals surface area contributed by atoms with Crippen LogP contribution >= 0.6 is 0 Å². The van der Waals surface area contributed by atoms with Gasteiger partial charge in [-0.2, -0.15) is 4.31 Å². The summed E-state index contributed by atoms with van der Waals surface area (Å²) in [4.78, 5) is 0.348. The molecule has 0 amide bonds. The molecule has 0 fully saturated rings. The van der Waals surface area contributed by atoms with Crippen LogP contribution in [0.1, 0.15) is 51.6 Å². The lowest BCUT2D eigenvalue weighted by atomic mass is 10.1. The Morgan fingerprint density at radius 2 is 1.75 bits per heavy atom. The summed E-state index contributed by atoms with van der Waals surface area (Å²) in [5.41, 5.74) is 6.87. The van der Waals surface area contributed by atoms with E-state index >= 15 is 0 Å². The summed E-state index contributed by atoms with van der Waals surface area (Å²) in [6.07, 6.45) is 2.41. The molecule has 1 aromatic carbocycles. The number of benzene rings is 1. The monoisotopic (exact) mass is 298 g/mol. The average molecular weight is 298 g/mol. The molecule has 1 aromatic rings. The van der Waals surface area contributed by atoms with Crippen LogP contribution in [0.3, 0.4) is 0 Å². The normalized spacial score (nSPS) is 13.7. The van der Waals surface area contributed by atoms with Gasteiger partial charge in [0, 0.05) is 19.1 Å². The van der Waals surface area contributed by atoms with Crippen molar-refractivity contribution in [3.63, 3.8) is 0 Å². The number of sulfonamides is 1. The molecule has 0 radical (unpaired) electrons. The largest absolute Gasteiger partial charge is 0.324 e. The van der Waals surface area contributed by atoms with E-state index in [1.807, 2.05) is 26.8 Å². The molecule has 1 unspecified atom stereocenters. The standard InChI is InChI=1S/C15H26N2O2S/c1-4-10-17(11-5-2)20(18,19)14-9-7-8-13(12-14)15(16)6-3/h7-9,12,15H,4-6,10-11,16H2,1-3H3. The van der Waals surface area contributed by atoms with Crippen LogP contribution in [0.15, 0.2) is 29.2 Å². The molecule has 0 aliphatic carbocycles. The average Bonchev–Trinajstić information content (AvgIpc) is 2.46. The lowest BCUT2D eigenvalue weighted by Gasteiger charge is -2.21. The van der Waals surface area contributed by atoms with E-state index in [-0.39, 0.29) is 6.04 Å². The van der Waals surface area contributed by atoms with Gasteiger partial charge in [0.1, 0.15) is 0 Å². The van der Waals surface area contributed by atoms with Crippen LogP contribution < -0.4 is 5.73 Å². The Morgan fingerprint density at radius 3 is 2.25 bits per heavy atom. The molecule has 0 bridgehead atoms. The lowest BCUT2D eigenvalue weighted by Crippen LogP contribution is -2.32. The topological polar surface area (TPSA) is 63.4 Å². The summed E-state index contributed by atoms with van der Waals surface area (Å²) < 4.78 is 26.9. The van der Waals surface area contributed by atoms with Gasteiger partial charge in [0.2, 0.25) is 10.0 Å². The third-order valence-corrected chi connectivity index (χ3v) is 5.20. The van der Waals surface area contributed by atoms with Gasteiger partial charge in [0.15, 0.2) is 0 Å². The molecule has 0 spiro atoms. The number of hydrogen-bond donors (Lipinski definition) is 1. The molecule has 2 N–H and O–H groups in total. The maximum Gasteiger partial charge on any atom is 0.243 e. The highest BCUT2D eigenvalue weighted by atomic mass is 32.2. The van der Waals surface area contributed by atoms with E-state index in [4.69, 9.17) is 5.73 Å². The maximum atomic E-state index is 12.7. The molecule has 20 heavy (non-hydrogen) atoms. The molecule has 5 heteroatoms. The van der Waals surface area contributed by atoms with E-state index in [0.29, 0.717) is 18.0 Å². The Bertz CT molecular complexity index is 508. The Labute approximate surface area is 123 Å². The minimum absolute atomic E-state index is 0.115. The molecule has 0 heterocycles. The first-order valence-corrected chi connectivity index (χ1v) is 8.77.